The molecule has 2 fully saturated rings. The van der Waals surface area contributed by atoms with Crippen LogP contribution in [-0.4, -0.2) is 70.2 Å². The molecule has 0 N–H and O–H groups in total. The summed E-state index contributed by atoms with van der Waals surface area (Å²) in [5.74, 6) is -0.131. The van der Waals surface area contributed by atoms with Gasteiger partial charge in [-0.3, -0.25) is 9.69 Å². The fourth-order valence-electron chi connectivity index (χ4n) is 5.01. The number of rotatable bonds is 5. The third-order valence-corrected chi connectivity index (χ3v) is 7.33. The molecule has 2 saturated heterocycles. The number of Topliss-reactive ketones (excluding diaryl/α,β-unsaturated/α-hetero) is 1. The van der Waals surface area contributed by atoms with Crippen LogP contribution in [0.15, 0.2) is 30.5 Å². The van der Waals surface area contributed by atoms with Crippen LogP contribution in [0.1, 0.15) is 61.1 Å². The van der Waals surface area contributed by atoms with Gasteiger partial charge in [0.15, 0.2) is 5.78 Å². The lowest BCUT2D eigenvalue weighted by Gasteiger charge is -2.45. The highest BCUT2D eigenvalue weighted by Crippen LogP contribution is 2.33. The number of aryl methyl sites for hydroxylation is 1. The van der Waals surface area contributed by atoms with Crippen LogP contribution < -0.4 is 4.90 Å². The number of aromatic nitrogens is 2. The molecule has 2 aliphatic rings. The van der Waals surface area contributed by atoms with Gasteiger partial charge in [-0.05, 0) is 63.8 Å². The molecule has 0 bridgehead atoms. The van der Waals surface area contributed by atoms with Gasteiger partial charge in [-0.2, -0.15) is 9.78 Å². The second-order valence-corrected chi connectivity index (χ2v) is 9.60. The Morgan fingerprint density at radius 3 is 2.41 bits per heavy atom. The van der Waals surface area contributed by atoms with Crippen molar-refractivity contribution in [1.29, 1.82) is 0 Å². The molecule has 0 radical (unpaired) electrons. The minimum atomic E-state index is -0.155. The lowest BCUT2D eigenvalue weighted by Crippen LogP contribution is -2.53. The third kappa shape index (κ3) is 4.44. The molecule has 1 aromatic carbocycles. The molecule has 32 heavy (non-hydrogen) atoms. The maximum absolute atomic E-state index is 12.8. The van der Waals surface area contributed by atoms with E-state index in [1.807, 2.05) is 4.90 Å². The summed E-state index contributed by atoms with van der Waals surface area (Å²) >= 11 is 0. The molecule has 2 aliphatic heterocycles. The van der Waals surface area contributed by atoms with E-state index in [9.17, 15) is 9.59 Å². The highest BCUT2D eigenvalue weighted by Gasteiger charge is 2.36. The molecule has 172 valence electrons. The minimum absolute atomic E-state index is 0.0253. The van der Waals surface area contributed by atoms with Crippen molar-refractivity contribution >= 4 is 17.5 Å². The van der Waals surface area contributed by atoms with Crippen LogP contribution in [0.25, 0.3) is 0 Å². The average Bonchev–Trinajstić information content (AvgIpc) is 3.46. The maximum Gasteiger partial charge on any atom is 0.344 e. The summed E-state index contributed by atoms with van der Waals surface area (Å²) in [4.78, 5) is 31.2. The van der Waals surface area contributed by atoms with Crippen molar-refractivity contribution in [3.63, 3.8) is 0 Å². The predicted octanol–water partition coefficient (Wildman–Crippen LogP) is 3.95. The van der Waals surface area contributed by atoms with Gasteiger partial charge in [0, 0.05) is 57.1 Å². The molecule has 0 saturated carbocycles. The Balaban J connectivity index is 1.41. The minimum Gasteiger partial charge on any atom is -0.371 e. The molecule has 3 heterocycles. The zero-order chi connectivity index (χ0) is 22.9. The topological polar surface area (TPSA) is 61.7 Å². The van der Waals surface area contributed by atoms with E-state index in [1.165, 1.54) is 41.3 Å². The first-order chi connectivity index (χ1) is 15.3. The standard InChI is InChI=1S/C25H35N5O2/c1-19-8-7-9-21(23(19)28-13-5-6-14-28)18-27(4)25(3)11-16-29(17-12-25)24(32)30-15-10-22(26-30)20(2)31/h7-10,15H,5-6,11-14,16-18H2,1-4H3. The van der Waals surface area contributed by atoms with E-state index in [-0.39, 0.29) is 17.4 Å². The van der Waals surface area contributed by atoms with Crippen LogP contribution in [0.4, 0.5) is 10.5 Å². The van der Waals surface area contributed by atoms with Gasteiger partial charge in [0.05, 0.1) is 0 Å². The summed E-state index contributed by atoms with van der Waals surface area (Å²) in [5.41, 5.74) is 4.51. The lowest BCUT2D eigenvalue weighted by atomic mass is 9.87. The Morgan fingerprint density at radius 2 is 1.78 bits per heavy atom. The molecule has 0 spiro atoms. The first-order valence-electron chi connectivity index (χ1n) is 11.7. The Bertz CT molecular complexity index is 984. The van der Waals surface area contributed by atoms with Gasteiger partial charge in [-0.25, -0.2) is 4.79 Å². The number of nitrogens with zero attached hydrogens (tertiary/aromatic N) is 5. The predicted molar refractivity (Wildman–Crippen MR) is 126 cm³/mol. The van der Waals surface area contributed by atoms with Crippen LogP contribution in [-0.2, 0) is 6.54 Å². The number of piperidine rings is 1. The van der Waals surface area contributed by atoms with Gasteiger partial charge in [-0.15, -0.1) is 0 Å². The van der Waals surface area contributed by atoms with E-state index < -0.39 is 0 Å². The third-order valence-electron chi connectivity index (χ3n) is 7.33. The van der Waals surface area contributed by atoms with Gasteiger partial charge in [0.2, 0.25) is 0 Å². The van der Waals surface area contributed by atoms with Crippen molar-refractivity contribution in [3.8, 4) is 0 Å². The number of carbonyl (C=O) groups is 2. The summed E-state index contributed by atoms with van der Waals surface area (Å²) in [6.45, 7) is 10.5. The zero-order valence-electron chi connectivity index (χ0n) is 19.8. The second-order valence-electron chi connectivity index (χ2n) is 9.60. The van der Waals surface area contributed by atoms with E-state index in [0.717, 1.165) is 32.5 Å². The van der Waals surface area contributed by atoms with E-state index in [4.69, 9.17) is 0 Å². The van der Waals surface area contributed by atoms with Crippen molar-refractivity contribution in [2.24, 2.45) is 0 Å². The summed E-state index contributed by atoms with van der Waals surface area (Å²) in [5, 5.41) is 4.13. The lowest BCUT2D eigenvalue weighted by molar-refractivity contribution is 0.0585. The van der Waals surface area contributed by atoms with Crippen LogP contribution in [0, 0.1) is 6.92 Å². The number of amides is 1. The number of benzene rings is 1. The van der Waals surface area contributed by atoms with Crippen molar-refractivity contribution in [2.75, 3.05) is 38.1 Å². The first-order valence-corrected chi connectivity index (χ1v) is 11.7. The molecular formula is C25H35N5O2. The van der Waals surface area contributed by atoms with Crippen molar-refractivity contribution in [3.05, 3.63) is 47.3 Å². The van der Waals surface area contributed by atoms with Gasteiger partial charge in [0.1, 0.15) is 5.69 Å². The summed E-state index contributed by atoms with van der Waals surface area (Å²) in [6.07, 6.45) is 5.93. The van der Waals surface area contributed by atoms with E-state index in [1.54, 1.807) is 12.3 Å². The Hall–Kier alpha value is -2.67. The van der Waals surface area contributed by atoms with Gasteiger partial charge < -0.3 is 9.80 Å². The average molecular weight is 438 g/mol. The SMILES string of the molecule is CC(=O)c1ccn(C(=O)N2CCC(C)(N(C)Cc3cccc(C)c3N3CCCC3)CC2)n1. The number of hydrogen-bond donors (Lipinski definition) is 0. The molecule has 0 unspecified atom stereocenters. The molecule has 7 heteroatoms. The van der Waals surface area contributed by atoms with E-state index in [0.29, 0.717) is 18.8 Å². The molecule has 0 atom stereocenters. The second kappa shape index (κ2) is 9.06. The number of hydrogen-bond acceptors (Lipinski definition) is 5. The summed E-state index contributed by atoms with van der Waals surface area (Å²) < 4.78 is 1.29. The fraction of sp³-hybridized carbons (Fsp3) is 0.560. The van der Waals surface area contributed by atoms with Crippen LogP contribution in [0.2, 0.25) is 0 Å². The molecule has 7 nitrogen and oxygen atoms in total. The normalized spacial score (nSPS) is 18.4. The number of ketones is 1. The summed E-state index contributed by atoms with van der Waals surface area (Å²) in [6, 6.07) is 8.10. The first kappa shape index (κ1) is 22.5. The van der Waals surface area contributed by atoms with Crippen molar-refractivity contribution < 1.29 is 9.59 Å². The van der Waals surface area contributed by atoms with Gasteiger partial charge >= 0.3 is 6.03 Å². The van der Waals surface area contributed by atoms with Gasteiger partial charge in [-0.1, -0.05) is 18.2 Å². The largest absolute Gasteiger partial charge is 0.371 e. The number of likely N-dealkylation sites (tertiary alicyclic amines) is 1. The molecule has 2 aromatic rings. The van der Waals surface area contributed by atoms with Crippen molar-refractivity contribution in [2.45, 2.75) is 58.5 Å². The fourth-order valence-corrected chi connectivity index (χ4v) is 5.01. The highest BCUT2D eigenvalue weighted by atomic mass is 16.2. The number of anilines is 1. The quantitative estimate of drug-likeness (QED) is 0.663. The zero-order valence-corrected chi connectivity index (χ0v) is 19.8. The molecule has 4 rings (SSSR count). The Labute approximate surface area is 191 Å². The molecule has 0 aliphatic carbocycles. The smallest absolute Gasteiger partial charge is 0.344 e. The summed E-state index contributed by atoms with van der Waals surface area (Å²) in [7, 11) is 2.21. The molecule has 1 amide bonds. The van der Waals surface area contributed by atoms with Crippen LogP contribution >= 0.6 is 0 Å². The molecular weight excluding hydrogens is 402 g/mol. The monoisotopic (exact) mass is 437 g/mol. The van der Waals surface area contributed by atoms with Crippen molar-refractivity contribution in [1.82, 2.24) is 19.6 Å². The Kier molecular flexibility index (Phi) is 6.38. The van der Waals surface area contributed by atoms with Crippen LogP contribution in [0.5, 0.6) is 0 Å². The van der Waals surface area contributed by atoms with E-state index >= 15 is 0 Å². The molecule has 1 aromatic heterocycles. The Morgan fingerprint density at radius 1 is 1.09 bits per heavy atom. The highest BCUT2D eigenvalue weighted by molar-refractivity contribution is 5.92. The van der Waals surface area contributed by atoms with E-state index in [2.05, 4.69) is 54.0 Å². The number of carbonyl (C=O) groups excluding carboxylic acids is 2. The number of para-hydroxylation sites is 1. The van der Waals surface area contributed by atoms with Crippen LogP contribution in [0.3, 0.4) is 0 Å². The maximum atomic E-state index is 12.8. The van der Waals surface area contributed by atoms with Gasteiger partial charge in [0.25, 0.3) is 0 Å².